The number of amides is 1. The summed E-state index contributed by atoms with van der Waals surface area (Å²) in [6.07, 6.45) is 2.51. The van der Waals surface area contributed by atoms with Crippen molar-refractivity contribution in [3.63, 3.8) is 0 Å². The lowest BCUT2D eigenvalue weighted by molar-refractivity contribution is 0.0948. The van der Waals surface area contributed by atoms with Crippen LogP contribution in [-0.4, -0.2) is 38.6 Å². The molecule has 4 rings (SSSR count). The zero-order chi connectivity index (χ0) is 21.1. The smallest absolute Gasteiger partial charge is 0.271 e. The summed E-state index contributed by atoms with van der Waals surface area (Å²) in [7, 11) is 1.90. The number of nitrogens with zero attached hydrogens (tertiary/aromatic N) is 5. The van der Waals surface area contributed by atoms with Crippen LogP contribution in [0.1, 0.15) is 22.5 Å². The van der Waals surface area contributed by atoms with Crippen molar-refractivity contribution in [2.24, 2.45) is 12.8 Å². The van der Waals surface area contributed by atoms with E-state index in [2.05, 4.69) is 21.6 Å². The molecule has 8 nitrogen and oxygen atoms in total. The number of aromatic nitrogens is 4. The van der Waals surface area contributed by atoms with Gasteiger partial charge in [0.15, 0.2) is 5.69 Å². The fraction of sp³-hybridized carbons (Fsp3) is 0.182. The highest BCUT2D eigenvalue weighted by Gasteiger charge is 2.17. The fourth-order valence-electron chi connectivity index (χ4n) is 3.29. The minimum atomic E-state index is -0.250. The summed E-state index contributed by atoms with van der Waals surface area (Å²) in [6.45, 7) is 1.01. The van der Waals surface area contributed by atoms with Crippen molar-refractivity contribution < 1.29 is 4.79 Å². The van der Waals surface area contributed by atoms with Gasteiger partial charge in [0.2, 0.25) is 0 Å². The molecule has 0 radical (unpaired) electrons. The topological polar surface area (TPSA) is 115 Å². The van der Waals surface area contributed by atoms with Crippen LogP contribution < -0.4 is 11.1 Å². The van der Waals surface area contributed by atoms with Crippen molar-refractivity contribution in [3.05, 3.63) is 66.0 Å². The minimum absolute atomic E-state index is 0.250. The second-order valence-corrected chi connectivity index (χ2v) is 6.93. The first-order chi connectivity index (χ1) is 14.6. The summed E-state index contributed by atoms with van der Waals surface area (Å²) in [4.78, 5) is 12.6. The maximum Gasteiger partial charge on any atom is 0.271 e. The molecule has 0 aliphatic heterocycles. The number of hydrogen-bond donors (Lipinski definition) is 2. The van der Waals surface area contributed by atoms with E-state index < -0.39 is 0 Å². The molecule has 8 heteroatoms. The van der Waals surface area contributed by atoms with Gasteiger partial charge in [0.1, 0.15) is 0 Å². The maximum absolute atomic E-state index is 12.6. The molecule has 0 saturated carbocycles. The molecular formula is C22H21N7O. The van der Waals surface area contributed by atoms with E-state index in [-0.39, 0.29) is 5.91 Å². The standard InChI is InChI=1S/C22H21N7O/c1-28-20-8-5-16(11-17(20)14-26-28)21-12-19(22(30)25-10-2-9-23)27-29(21)18-6-3-15(13-24)4-7-18/h3-8,11-12,14H,2,9-10,23H2,1H3,(H,25,30). The van der Waals surface area contributed by atoms with E-state index in [0.29, 0.717) is 30.8 Å². The van der Waals surface area contributed by atoms with Crippen LogP contribution in [0.2, 0.25) is 0 Å². The van der Waals surface area contributed by atoms with E-state index in [0.717, 1.165) is 27.8 Å². The average Bonchev–Trinajstić information content (AvgIpc) is 3.38. The zero-order valence-corrected chi connectivity index (χ0v) is 16.5. The monoisotopic (exact) mass is 399 g/mol. The molecule has 0 atom stereocenters. The Labute approximate surface area is 173 Å². The highest BCUT2D eigenvalue weighted by molar-refractivity contribution is 5.94. The normalized spacial score (nSPS) is 10.8. The Bertz CT molecular complexity index is 1240. The van der Waals surface area contributed by atoms with Crippen LogP contribution >= 0.6 is 0 Å². The molecule has 30 heavy (non-hydrogen) atoms. The van der Waals surface area contributed by atoms with E-state index in [1.54, 1.807) is 22.9 Å². The summed E-state index contributed by atoms with van der Waals surface area (Å²) >= 11 is 0. The van der Waals surface area contributed by atoms with Gasteiger partial charge < -0.3 is 11.1 Å². The highest BCUT2D eigenvalue weighted by Crippen LogP contribution is 2.27. The van der Waals surface area contributed by atoms with Crippen molar-refractivity contribution in [3.8, 4) is 23.0 Å². The summed E-state index contributed by atoms with van der Waals surface area (Å²) in [5.74, 6) is -0.250. The molecule has 0 unspecified atom stereocenters. The van der Waals surface area contributed by atoms with E-state index in [1.165, 1.54) is 0 Å². The minimum Gasteiger partial charge on any atom is -0.351 e. The lowest BCUT2D eigenvalue weighted by Gasteiger charge is -2.08. The van der Waals surface area contributed by atoms with Crippen LogP contribution in [-0.2, 0) is 7.05 Å². The van der Waals surface area contributed by atoms with Crippen molar-refractivity contribution in [1.82, 2.24) is 24.9 Å². The number of carbonyl (C=O) groups is 1. The number of benzene rings is 2. The molecule has 0 bridgehead atoms. The molecule has 0 aliphatic rings. The predicted octanol–water partition coefficient (Wildman–Crippen LogP) is 2.38. The summed E-state index contributed by atoms with van der Waals surface area (Å²) in [5.41, 5.74) is 9.84. The molecule has 3 N–H and O–H groups in total. The lowest BCUT2D eigenvalue weighted by Crippen LogP contribution is -2.26. The molecule has 0 aliphatic carbocycles. The summed E-state index contributed by atoms with van der Waals surface area (Å²) in [6, 6.07) is 17.0. The Balaban J connectivity index is 1.79. The molecule has 0 fully saturated rings. The van der Waals surface area contributed by atoms with Crippen LogP contribution in [0.4, 0.5) is 0 Å². The number of aryl methyl sites for hydroxylation is 1. The SMILES string of the molecule is Cn1ncc2cc(-c3cc(C(=O)NCCCN)nn3-c3ccc(C#N)cc3)ccc21. The van der Waals surface area contributed by atoms with E-state index in [4.69, 9.17) is 11.0 Å². The first kappa shape index (κ1) is 19.4. The van der Waals surface area contributed by atoms with Crippen LogP contribution in [0.25, 0.3) is 27.8 Å². The van der Waals surface area contributed by atoms with Gasteiger partial charge >= 0.3 is 0 Å². The van der Waals surface area contributed by atoms with Crippen molar-refractivity contribution >= 4 is 16.8 Å². The van der Waals surface area contributed by atoms with Crippen molar-refractivity contribution in [2.45, 2.75) is 6.42 Å². The average molecular weight is 399 g/mol. The van der Waals surface area contributed by atoms with Gasteiger partial charge in [-0.3, -0.25) is 9.48 Å². The van der Waals surface area contributed by atoms with E-state index in [9.17, 15) is 4.79 Å². The first-order valence-corrected chi connectivity index (χ1v) is 9.61. The fourth-order valence-corrected chi connectivity index (χ4v) is 3.29. The van der Waals surface area contributed by atoms with E-state index >= 15 is 0 Å². The molecule has 0 saturated heterocycles. The Hall–Kier alpha value is -3.96. The number of fused-ring (bicyclic) bond motifs is 1. The van der Waals surface area contributed by atoms with Crippen LogP contribution in [0.3, 0.4) is 0 Å². The van der Waals surface area contributed by atoms with E-state index in [1.807, 2.05) is 48.3 Å². The first-order valence-electron chi connectivity index (χ1n) is 9.61. The van der Waals surface area contributed by atoms with Crippen molar-refractivity contribution in [1.29, 1.82) is 5.26 Å². The van der Waals surface area contributed by atoms with Gasteiger partial charge in [-0.1, -0.05) is 6.07 Å². The van der Waals surface area contributed by atoms with Crippen LogP contribution in [0.15, 0.2) is 54.7 Å². The second-order valence-electron chi connectivity index (χ2n) is 6.93. The van der Waals surface area contributed by atoms with Crippen LogP contribution in [0.5, 0.6) is 0 Å². The molecule has 0 spiro atoms. The number of carbonyl (C=O) groups excluding carboxylic acids is 1. The largest absolute Gasteiger partial charge is 0.351 e. The Morgan fingerprint density at radius 2 is 2.00 bits per heavy atom. The molecule has 1 amide bonds. The lowest BCUT2D eigenvalue weighted by atomic mass is 10.1. The van der Waals surface area contributed by atoms with Gasteiger partial charge in [0.05, 0.1) is 34.7 Å². The summed E-state index contributed by atoms with van der Waals surface area (Å²) < 4.78 is 3.53. The number of nitrogens with two attached hydrogens (primary N) is 1. The molecule has 2 aromatic heterocycles. The molecule has 2 heterocycles. The second kappa shape index (κ2) is 8.19. The van der Waals surface area contributed by atoms with Gasteiger partial charge in [0, 0.05) is 24.5 Å². The molecule has 150 valence electrons. The molecule has 4 aromatic rings. The highest BCUT2D eigenvalue weighted by atomic mass is 16.1. The van der Waals surface area contributed by atoms with Gasteiger partial charge in [-0.05, 0) is 55.4 Å². The quantitative estimate of drug-likeness (QED) is 0.483. The third-order valence-electron chi connectivity index (χ3n) is 4.89. The Morgan fingerprint density at radius 3 is 2.73 bits per heavy atom. The zero-order valence-electron chi connectivity index (χ0n) is 16.5. The molecule has 2 aromatic carbocycles. The number of nitriles is 1. The number of rotatable bonds is 6. The molecular weight excluding hydrogens is 378 g/mol. The van der Waals surface area contributed by atoms with Gasteiger partial charge in [-0.15, -0.1) is 0 Å². The third kappa shape index (κ3) is 3.66. The Morgan fingerprint density at radius 1 is 1.20 bits per heavy atom. The number of nitrogens with one attached hydrogen (secondary N) is 1. The van der Waals surface area contributed by atoms with Gasteiger partial charge in [-0.2, -0.15) is 15.5 Å². The third-order valence-corrected chi connectivity index (χ3v) is 4.89. The van der Waals surface area contributed by atoms with Crippen LogP contribution in [0, 0.1) is 11.3 Å². The number of hydrogen-bond acceptors (Lipinski definition) is 5. The van der Waals surface area contributed by atoms with Gasteiger partial charge in [-0.25, -0.2) is 4.68 Å². The maximum atomic E-state index is 12.6. The van der Waals surface area contributed by atoms with Gasteiger partial charge in [0.25, 0.3) is 5.91 Å². The predicted molar refractivity (Wildman–Crippen MR) is 114 cm³/mol. The summed E-state index contributed by atoms with van der Waals surface area (Å²) in [5, 5.41) is 21.8. The Kier molecular flexibility index (Phi) is 5.28. The van der Waals surface area contributed by atoms with Crippen molar-refractivity contribution in [2.75, 3.05) is 13.1 Å².